The van der Waals surface area contributed by atoms with E-state index in [2.05, 4.69) is 32.0 Å². The maximum atomic E-state index is 12.6. The zero-order chi connectivity index (χ0) is 18.0. The summed E-state index contributed by atoms with van der Waals surface area (Å²) in [4.78, 5) is 16.8. The van der Waals surface area contributed by atoms with Gasteiger partial charge in [-0.2, -0.15) is 5.10 Å². The fourth-order valence-electron chi connectivity index (χ4n) is 3.14. The number of nitrogens with zero attached hydrogens (tertiary/aromatic N) is 4. The summed E-state index contributed by atoms with van der Waals surface area (Å²) in [7, 11) is 1.69. The lowest BCUT2D eigenvalue weighted by atomic mass is 10.2. The number of carbonyl (C=O) groups excluding carboxylic acids is 1. The second kappa shape index (κ2) is 7.47. The highest BCUT2D eigenvalue weighted by atomic mass is 79.9. The van der Waals surface area contributed by atoms with Crippen LogP contribution in [0.3, 0.4) is 0 Å². The highest BCUT2D eigenvalue weighted by Gasteiger charge is 2.23. The molecular weight excluding hydrogens is 384 g/mol. The van der Waals surface area contributed by atoms with Crippen molar-refractivity contribution in [1.29, 1.82) is 0 Å². The second-order valence-corrected chi connectivity index (χ2v) is 6.98. The van der Waals surface area contributed by atoms with Crippen LogP contribution in [-0.2, 0) is 11.3 Å². The van der Waals surface area contributed by atoms with Gasteiger partial charge in [0.25, 0.3) is 0 Å². The van der Waals surface area contributed by atoms with Gasteiger partial charge in [0.15, 0.2) is 0 Å². The predicted octanol–water partition coefficient (Wildman–Crippen LogP) is 2.62. The zero-order valence-electron chi connectivity index (χ0n) is 14.8. The third-order valence-corrected chi connectivity index (χ3v) is 5.78. The minimum atomic E-state index is 0.109. The molecule has 25 heavy (non-hydrogen) atoms. The lowest BCUT2D eigenvalue weighted by molar-refractivity contribution is -0.132. The average molecular weight is 407 g/mol. The Morgan fingerprint density at radius 1 is 1.20 bits per heavy atom. The van der Waals surface area contributed by atoms with E-state index >= 15 is 0 Å². The minimum absolute atomic E-state index is 0.109. The summed E-state index contributed by atoms with van der Waals surface area (Å²) in [6.45, 7) is 7.20. The molecular formula is C18H23BrN4O2. The fraction of sp³-hybridized carbons (Fsp3) is 0.444. The SMILES string of the molecule is COc1ccccc1N1CCN(C(=O)Cn2nc(C)c(Br)c2C)CC1. The number of halogens is 1. The molecule has 0 aliphatic carbocycles. The van der Waals surface area contributed by atoms with Gasteiger partial charge >= 0.3 is 0 Å². The molecule has 1 aliphatic heterocycles. The summed E-state index contributed by atoms with van der Waals surface area (Å²) in [6, 6.07) is 8.00. The molecule has 0 saturated carbocycles. The molecule has 0 unspecified atom stereocenters. The van der Waals surface area contributed by atoms with Crippen LogP contribution >= 0.6 is 15.9 Å². The van der Waals surface area contributed by atoms with E-state index in [0.29, 0.717) is 13.1 Å². The van der Waals surface area contributed by atoms with Crippen molar-refractivity contribution in [2.75, 3.05) is 38.2 Å². The summed E-state index contributed by atoms with van der Waals surface area (Å²) in [5.41, 5.74) is 2.98. The molecule has 1 amide bonds. The number of para-hydroxylation sites is 2. The van der Waals surface area contributed by atoms with Gasteiger partial charge in [-0.05, 0) is 41.9 Å². The molecule has 0 radical (unpaired) electrons. The van der Waals surface area contributed by atoms with Gasteiger partial charge in [0.05, 0.1) is 28.7 Å². The van der Waals surface area contributed by atoms with E-state index < -0.39 is 0 Å². The Morgan fingerprint density at radius 3 is 2.48 bits per heavy atom. The number of anilines is 1. The number of methoxy groups -OCH3 is 1. The first-order chi connectivity index (χ1) is 12.0. The van der Waals surface area contributed by atoms with Gasteiger partial charge in [0.2, 0.25) is 5.91 Å². The van der Waals surface area contributed by atoms with E-state index in [-0.39, 0.29) is 12.5 Å². The van der Waals surface area contributed by atoms with Crippen LogP contribution in [0.1, 0.15) is 11.4 Å². The molecule has 2 heterocycles. The van der Waals surface area contributed by atoms with E-state index in [9.17, 15) is 4.79 Å². The topological polar surface area (TPSA) is 50.6 Å². The zero-order valence-corrected chi connectivity index (χ0v) is 16.4. The van der Waals surface area contributed by atoms with E-state index in [0.717, 1.165) is 40.4 Å². The summed E-state index contributed by atoms with van der Waals surface area (Å²) in [6.07, 6.45) is 0. The quantitative estimate of drug-likeness (QED) is 0.782. The first-order valence-corrected chi connectivity index (χ1v) is 9.15. The Hall–Kier alpha value is -2.02. The summed E-state index contributed by atoms with van der Waals surface area (Å²) >= 11 is 3.51. The standard InChI is InChI=1S/C18H23BrN4O2/c1-13-18(19)14(2)23(20-13)12-17(24)22-10-8-21(9-11-22)15-6-4-5-7-16(15)25-3/h4-7H,8-12H2,1-3H3. The van der Waals surface area contributed by atoms with Crippen molar-refractivity contribution in [3.05, 3.63) is 40.1 Å². The molecule has 2 aromatic rings. The number of carbonyl (C=O) groups is 1. The number of piperazine rings is 1. The Bertz CT molecular complexity index is 766. The Morgan fingerprint density at radius 2 is 1.88 bits per heavy atom. The normalized spacial score (nSPS) is 14.7. The van der Waals surface area contributed by atoms with E-state index in [1.807, 2.05) is 36.9 Å². The molecule has 0 spiro atoms. The lowest BCUT2D eigenvalue weighted by Gasteiger charge is -2.36. The van der Waals surface area contributed by atoms with Crippen molar-refractivity contribution in [3.8, 4) is 5.75 Å². The number of amides is 1. The van der Waals surface area contributed by atoms with Crippen molar-refractivity contribution in [2.45, 2.75) is 20.4 Å². The number of ether oxygens (including phenoxy) is 1. The molecule has 1 saturated heterocycles. The molecule has 6 nitrogen and oxygen atoms in total. The number of rotatable bonds is 4. The maximum Gasteiger partial charge on any atom is 0.244 e. The van der Waals surface area contributed by atoms with Gasteiger partial charge < -0.3 is 14.5 Å². The predicted molar refractivity (Wildman–Crippen MR) is 101 cm³/mol. The van der Waals surface area contributed by atoms with Crippen LogP contribution in [0.25, 0.3) is 0 Å². The van der Waals surface area contributed by atoms with Crippen LogP contribution < -0.4 is 9.64 Å². The average Bonchev–Trinajstić information content (AvgIpc) is 2.88. The first kappa shape index (κ1) is 17.8. The molecule has 1 aromatic heterocycles. The highest BCUT2D eigenvalue weighted by Crippen LogP contribution is 2.28. The van der Waals surface area contributed by atoms with Crippen LogP contribution in [0, 0.1) is 13.8 Å². The van der Waals surface area contributed by atoms with E-state index in [1.165, 1.54) is 0 Å². The molecule has 0 N–H and O–H groups in total. The van der Waals surface area contributed by atoms with Crippen molar-refractivity contribution >= 4 is 27.5 Å². The van der Waals surface area contributed by atoms with Gasteiger partial charge in [-0.3, -0.25) is 9.48 Å². The smallest absolute Gasteiger partial charge is 0.244 e. The van der Waals surface area contributed by atoms with Gasteiger partial charge in [0, 0.05) is 26.2 Å². The van der Waals surface area contributed by atoms with Crippen LogP contribution in [0.2, 0.25) is 0 Å². The number of hydrogen-bond donors (Lipinski definition) is 0. The monoisotopic (exact) mass is 406 g/mol. The van der Waals surface area contributed by atoms with Gasteiger partial charge in [-0.1, -0.05) is 12.1 Å². The summed E-state index contributed by atoms with van der Waals surface area (Å²) < 4.78 is 8.19. The van der Waals surface area contributed by atoms with Gasteiger partial charge in [-0.25, -0.2) is 0 Å². The van der Waals surface area contributed by atoms with Gasteiger partial charge in [-0.15, -0.1) is 0 Å². The third kappa shape index (κ3) is 3.66. The molecule has 3 rings (SSSR count). The van der Waals surface area contributed by atoms with Gasteiger partial charge in [0.1, 0.15) is 12.3 Å². The number of hydrogen-bond acceptors (Lipinski definition) is 4. The van der Waals surface area contributed by atoms with Crippen LogP contribution in [0.4, 0.5) is 5.69 Å². The van der Waals surface area contributed by atoms with Crippen molar-refractivity contribution < 1.29 is 9.53 Å². The second-order valence-electron chi connectivity index (χ2n) is 6.18. The number of aryl methyl sites for hydroxylation is 1. The molecule has 0 atom stereocenters. The minimum Gasteiger partial charge on any atom is -0.495 e. The highest BCUT2D eigenvalue weighted by molar-refractivity contribution is 9.10. The Balaban J connectivity index is 1.62. The van der Waals surface area contributed by atoms with Crippen molar-refractivity contribution in [1.82, 2.24) is 14.7 Å². The molecule has 7 heteroatoms. The molecule has 1 aromatic carbocycles. The molecule has 1 fully saturated rings. The Kier molecular flexibility index (Phi) is 5.32. The van der Waals surface area contributed by atoms with Crippen molar-refractivity contribution in [2.24, 2.45) is 0 Å². The van der Waals surface area contributed by atoms with E-state index in [1.54, 1.807) is 11.8 Å². The fourth-order valence-corrected chi connectivity index (χ4v) is 3.43. The molecule has 134 valence electrons. The Labute approximate surface area is 156 Å². The van der Waals surface area contributed by atoms with Crippen LogP contribution in [-0.4, -0.2) is 53.9 Å². The number of aromatic nitrogens is 2. The maximum absolute atomic E-state index is 12.6. The van der Waals surface area contributed by atoms with E-state index in [4.69, 9.17) is 4.74 Å². The van der Waals surface area contributed by atoms with Crippen LogP contribution in [0.5, 0.6) is 5.75 Å². The third-order valence-electron chi connectivity index (χ3n) is 4.64. The lowest BCUT2D eigenvalue weighted by Crippen LogP contribution is -2.49. The van der Waals surface area contributed by atoms with Crippen LogP contribution in [0.15, 0.2) is 28.7 Å². The summed E-state index contributed by atoms with van der Waals surface area (Å²) in [5, 5.41) is 4.43. The number of benzene rings is 1. The largest absolute Gasteiger partial charge is 0.495 e. The molecule has 1 aliphatic rings. The van der Waals surface area contributed by atoms with Crippen molar-refractivity contribution in [3.63, 3.8) is 0 Å². The first-order valence-electron chi connectivity index (χ1n) is 8.36. The summed E-state index contributed by atoms with van der Waals surface area (Å²) in [5.74, 6) is 0.979. The molecule has 0 bridgehead atoms.